The maximum absolute atomic E-state index is 11.8. The summed E-state index contributed by atoms with van der Waals surface area (Å²) in [5, 5.41) is 8.92. The van der Waals surface area contributed by atoms with E-state index in [1.54, 1.807) is 31.5 Å². The van der Waals surface area contributed by atoms with Gasteiger partial charge in [-0.1, -0.05) is 13.3 Å². The fourth-order valence-corrected chi connectivity index (χ4v) is 2.87. The number of carboxylic acids is 1. The maximum Gasteiger partial charge on any atom is 0.321 e. The summed E-state index contributed by atoms with van der Waals surface area (Å²) in [5.74, 6) is -1.28. The highest BCUT2D eigenvalue weighted by Gasteiger charge is 2.22. The lowest BCUT2D eigenvalue weighted by molar-refractivity contribution is -0.139. The molecule has 1 aromatic heterocycles. The van der Waals surface area contributed by atoms with Crippen molar-refractivity contribution in [2.75, 3.05) is 5.75 Å². The second-order valence-corrected chi connectivity index (χ2v) is 6.10. The molecule has 1 rings (SSSR count). The van der Waals surface area contributed by atoms with E-state index >= 15 is 0 Å². The standard InChI is InChI=1S/C12H18N2O4S/c1-2-3-11(12(15)16)14-19(17,18)9-6-10-4-7-13-8-5-10/h4-5,7-8,11,14H,2-3,6,9H2,1H3,(H,15,16)/t11-/m0/s1. The van der Waals surface area contributed by atoms with Crippen LogP contribution in [0.25, 0.3) is 0 Å². The first-order chi connectivity index (χ1) is 8.94. The Labute approximate surface area is 112 Å². The van der Waals surface area contributed by atoms with Gasteiger partial charge in [0.1, 0.15) is 6.04 Å². The first-order valence-electron chi connectivity index (χ1n) is 6.06. The predicted molar refractivity (Wildman–Crippen MR) is 71.2 cm³/mol. The van der Waals surface area contributed by atoms with Crippen molar-refractivity contribution in [3.05, 3.63) is 30.1 Å². The van der Waals surface area contributed by atoms with E-state index in [-0.39, 0.29) is 12.2 Å². The topological polar surface area (TPSA) is 96.4 Å². The molecule has 0 aliphatic rings. The lowest BCUT2D eigenvalue weighted by Crippen LogP contribution is -2.41. The van der Waals surface area contributed by atoms with Crippen LogP contribution >= 0.6 is 0 Å². The van der Waals surface area contributed by atoms with Crippen LogP contribution in [0, 0.1) is 0 Å². The largest absolute Gasteiger partial charge is 0.480 e. The first-order valence-corrected chi connectivity index (χ1v) is 7.71. The molecule has 0 spiro atoms. The molecule has 2 N–H and O–H groups in total. The lowest BCUT2D eigenvalue weighted by atomic mass is 10.2. The molecule has 0 fully saturated rings. The van der Waals surface area contributed by atoms with Gasteiger partial charge in [-0.2, -0.15) is 0 Å². The van der Waals surface area contributed by atoms with Crippen molar-refractivity contribution in [2.45, 2.75) is 32.2 Å². The highest BCUT2D eigenvalue weighted by molar-refractivity contribution is 7.89. The van der Waals surface area contributed by atoms with Gasteiger partial charge < -0.3 is 5.11 Å². The predicted octanol–water partition coefficient (Wildman–Crippen LogP) is 0.797. The number of hydrogen-bond acceptors (Lipinski definition) is 4. The highest BCUT2D eigenvalue weighted by atomic mass is 32.2. The summed E-state index contributed by atoms with van der Waals surface area (Å²) in [6.07, 6.45) is 4.39. The number of aromatic nitrogens is 1. The number of aryl methyl sites for hydroxylation is 1. The minimum absolute atomic E-state index is 0.134. The third-order valence-electron chi connectivity index (χ3n) is 2.61. The van der Waals surface area contributed by atoms with Crippen molar-refractivity contribution in [3.8, 4) is 0 Å². The van der Waals surface area contributed by atoms with Crippen LogP contribution in [0.3, 0.4) is 0 Å². The zero-order chi connectivity index (χ0) is 14.3. The van der Waals surface area contributed by atoms with Gasteiger partial charge >= 0.3 is 5.97 Å². The van der Waals surface area contributed by atoms with E-state index in [2.05, 4.69) is 9.71 Å². The molecule has 1 heterocycles. The van der Waals surface area contributed by atoms with Crippen molar-refractivity contribution in [2.24, 2.45) is 0 Å². The Balaban J connectivity index is 2.58. The van der Waals surface area contributed by atoms with Crippen LogP contribution < -0.4 is 4.72 Å². The Hall–Kier alpha value is -1.47. The molecular formula is C12H18N2O4S. The summed E-state index contributed by atoms with van der Waals surface area (Å²) in [4.78, 5) is 14.7. The van der Waals surface area contributed by atoms with Gasteiger partial charge in [0, 0.05) is 12.4 Å². The van der Waals surface area contributed by atoms with E-state index in [1.165, 1.54) is 0 Å². The molecule has 0 aliphatic heterocycles. The van der Waals surface area contributed by atoms with E-state index in [0.717, 1.165) is 5.56 Å². The third-order valence-corrected chi connectivity index (χ3v) is 3.99. The SMILES string of the molecule is CCC[C@H](NS(=O)(=O)CCc1ccncc1)C(=O)O. The fourth-order valence-electron chi connectivity index (χ4n) is 1.60. The third kappa shape index (κ3) is 5.80. The minimum Gasteiger partial charge on any atom is -0.480 e. The normalized spacial score (nSPS) is 13.1. The smallest absolute Gasteiger partial charge is 0.321 e. The number of nitrogens with one attached hydrogen (secondary N) is 1. The zero-order valence-corrected chi connectivity index (χ0v) is 11.6. The van der Waals surface area contributed by atoms with E-state index in [1.807, 2.05) is 0 Å². The molecule has 0 saturated heterocycles. The number of hydrogen-bond donors (Lipinski definition) is 2. The molecule has 106 valence electrons. The van der Waals surface area contributed by atoms with Gasteiger partial charge in [0.2, 0.25) is 10.0 Å². The number of carboxylic acid groups (broad SMARTS) is 1. The summed E-state index contributed by atoms with van der Waals surface area (Å²) in [6.45, 7) is 1.81. The van der Waals surface area contributed by atoms with Gasteiger partial charge in [0.25, 0.3) is 0 Å². The Morgan fingerprint density at radius 2 is 2.05 bits per heavy atom. The summed E-state index contributed by atoms with van der Waals surface area (Å²) in [6, 6.07) is 2.42. The molecular weight excluding hydrogens is 268 g/mol. The Morgan fingerprint density at radius 1 is 1.42 bits per heavy atom. The molecule has 0 aliphatic carbocycles. The molecule has 0 aromatic carbocycles. The molecule has 0 unspecified atom stereocenters. The summed E-state index contributed by atoms with van der Waals surface area (Å²) in [5.41, 5.74) is 0.850. The van der Waals surface area contributed by atoms with Crippen molar-refractivity contribution in [3.63, 3.8) is 0 Å². The van der Waals surface area contributed by atoms with Gasteiger partial charge in [-0.3, -0.25) is 9.78 Å². The van der Waals surface area contributed by atoms with E-state index < -0.39 is 22.0 Å². The number of sulfonamides is 1. The van der Waals surface area contributed by atoms with Crippen molar-refractivity contribution >= 4 is 16.0 Å². The second-order valence-electron chi connectivity index (χ2n) is 4.22. The van der Waals surface area contributed by atoms with Crippen molar-refractivity contribution in [1.82, 2.24) is 9.71 Å². The molecule has 1 aromatic rings. The van der Waals surface area contributed by atoms with Gasteiger partial charge in [0.15, 0.2) is 0 Å². The van der Waals surface area contributed by atoms with Crippen LogP contribution in [0.1, 0.15) is 25.3 Å². The van der Waals surface area contributed by atoms with Crippen LogP contribution in [-0.4, -0.2) is 36.3 Å². The highest BCUT2D eigenvalue weighted by Crippen LogP contribution is 2.03. The number of carbonyl (C=O) groups is 1. The van der Waals surface area contributed by atoms with Gasteiger partial charge in [-0.15, -0.1) is 0 Å². The maximum atomic E-state index is 11.8. The molecule has 0 amide bonds. The van der Waals surface area contributed by atoms with Gasteiger partial charge in [-0.05, 0) is 30.5 Å². The van der Waals surface area contributed by atoms with Crippen LogP contribution in [0.4, 0.5) is 0 Å². The summed E-state index contributed by atoms with van der Waals surface area (Å²) >= 11 is 0. The van der Waals surface area contributed by atoms with Crippen molar-refractivity contribution < 1.29 is 18.3 Å². The molecule has 0 bridgehead atoms. The Bertz CT molecular complexity index is 502. The van der Waals surface area contributed by atoms with Crippen LogP contribution in [0.5, 0.6) is 0 Å². The van der Waals surface area contributed by atoms with Crippen LogP contribution in [0.15, 0.2) is 24.5 Å². The summed E-state index contributed by atoms with van der Waals surface area (Å²) in [7, 11) is -3.60. The quantitative estimate of drug-likeness (QED) is 0.736. The molecule has 1 atom stereocenters. The van der Waals surface area contributed by atoms with Crippen LogP contribution in [-0.2, 0) is 21.2 Å². The second kappa shape index (κ2) is 7.20. The Kier molecular flexibility index (Phi) is 5.91. The van der Waals surface area contributed by atoms with Gasteiger partial charge in [-0.25, -0.2) is 13.1 Å². The number of rotatable bonds is 8. The minimum atomic E-state index is -3.60. The monoisotopic (exact) mass is 286 g/mol. The Morgan fingerprint density at radius 3 is 2.58 bits per heavy atom. The molecule has 0 radical (unpaired) electrons. The molecule has 7 heteroatoms. The van der Waals surface area contributed by atoms with E-state index in [0.29, 0.717) is 12.8 Å². The molecule has 0 saturated carbocycles. The zero-order valence-electron chi connectivity index (χ0n) is 10.7. The van der Waals surface area contributed by atoms with E-state index in [4.69, 9.17) is 5.11 Å². The number of aliphatic carboxylic acids is 1. The average molecular weight is 286 g/mol. The lowest BCUT2D eigenvalue weighted by Gasteiger charge is -2.13. The fraction of sp³-hybridized carbons (Fsp3) is 0.500. The summed E-state index contributed by atoms with van der Waals surface area (Å²) < 4.78 is 25.8. The first kappa shape index (κ1) is 15.6. The number of pyridine rings is 1. The van der Waals surface area contributed by atoms with Crippen molar-refractivity contribution in [1.29, 1.82) is 0 Å². The molecule has 19 heavy (non-hydrogen) atoms. The average Bonchev–Trinajstić information content (AvgIpc) is 2.37. The van der Waals surface area contributed by atoms with Crippen LogP contribution in [0.2, 0.25) is 0 Å². The number of nitrogens with zero attached hydrogens (tertiary/aromatic N) is 1. The van der Waals surface area contributed by atoms with Gasteiger partial charge in [0.05, 0.1) is 5.75 Å². The van der Waals surface area contributed by atoms with E-state index in [9.17, 15) is 13.2 Å². The molecule has 6 nitrogen and oxygen atoms in total.